The largest absolute Gasteiger partial charge is 0.494 e. The van der Waals surface area contributed by atoms with Crippen molar-refractivity contribution in [3.63, 3.8) is 0 Å². The van der Waals surface area contributed by atoms with E-state index in [4.69, 9.17) is 21.1 Å². The van der Waals surface area contributed by atoms with Gasteiger partial charge in [0.2, 0.25) is 0 Å². The van der Waals surface area contributed by atoms with Crippen molar-refractivity contribution >= 4 is 29.8 Å². The molecule has 0 unspecified atom stereocenters. The predicted octanol–water partition coefficient (Wildman–Crippen LogP) is 2.90. The maximum absolute atomic E-state index is 11.6. The van der Waals surface area contributed by atoms with Crippen LogP contribution in [0.2, 0.25) is 5.02 Å². The molecule has 0 atom stereocenters. The molecule has 0 saturated heterocycles. The second kappa shape index (κ2) is 5.88. The highest BCUT2D eigenvalue weighted by Gasteiger charge is 2.20. The Hall–Kier alpha value is -1.82. The Morgan fingerprint density at radius 2 is 2.11 bits per heavy atom. The van der Waals surface area contributed by atoms with E-state index in [1.165, 1.54) is 13.3 Å². The van der Waals surface area contributed by atoms with Crippen LogP contribution in [0.15, 0.2) is 6.20 Å². The molecular weight excluding hydrogens is 272 g/mol. The number of hydrogen-bond donors (Lipinski definition) is 1. The molecule has 1 N–H and O–H groups in total. The van der Waals surface area contributed by atoms with E-state index in [2.05, 4.69) is 10.3 Å². The van der Waals surface area contributed by atoms with Crippen molar-refractivity contribution in [2.45, 2.75) is 26.4 Å². The van der Waals surface area contributed by atoms with Crippen LogP contribution in [-0.4, -0.2) is 30.1 Å². The number of nitrogens with one attached hydrogen (secondary N) is 1. The quantitative estimate of drug-likeness (QED) is 0.865. The van der Waals surface area contributed by atoms with Crippen molar-refractivity contribution in [2.24, 2.45) is 0 Å². The van der Waals surface area contributed by atoms with Gasteiger partial charge in [-0.05, 0) is 20.8 Å². The molecule has 1 aromatic heterocycles. The van der Waals surface area contributed by atoms with Crippen LogP contribution in [0.5, 0.6) is 5.75 Å². The van der Waals surface area contributed by atoms with E-state index >= 15 is 0 Å². The van der Waals surface area contributed by atoms with Crippen molar-refractivity contribution < 1.29 is 19.1 Å². The van der Waals surface area contributed by atoms with Crippen LogP contribution in [0.1, 0.15) is 31.1 Å². The summed E-state index contributed by atoms with van der Waals surface area (Å²) in [5, 5.41) is 2.45. The van der Waals surface area contributed by atoms with Crippen LogP contribution in [-0.2, 0) is 4.74 Å². The Balaban J connectivity index is 2.99. The fraction of sp³-hybridized carbons (Fsp3) is 0.417. The Labute approximate surface area is 116 Å². The number of amides is 1. The van der Waals surface area contributed by atoms with Gasteiger partial charge in [0.15, 0.2) is 12.0 Å². The zero-order chi connectivity index (χ0) is 14.6. The first kappa shape index (κ1) is 15.2. The first-order valence-electron chi connectivity index (χ1n) is 5.46. The number of rotatable bonds is 3. The molecule has 1 heterocycles. The maximum atomic E-state index is 11.6. The topological polar surface area (TPSA) is 77.5 Å². The highest BCUT2D eigenvalue weighted by atomic mass is 35.5. The lowest BCUT2D eigenvalue weighted by molar-refractivity contribution is 0.0635. The second-order valence-corrected chi connectivity index (χ2v) is 5.03. The van der Waals surface area contributed by atoms with Gasteiger partial charge in [-0.1, -0.05) is 11.6 Å². The molecule has 0 radical (unpaired) electrons. The van der Waals surface area contributed by atoms with Crippen molar-refractivity contribution in [1.82, 2.24) is 4.98 Å². The van der Waals surface area contributed by atoms with Gasteiger partial charge in [-0.2, -0.15) is 0 Å². The Morgan fingerprint density at radius 3 is 2.58 bits per heavy atom. The SMILES string of the molecule is COc1cnc(NC(=O)OC(C)(C)C)c(C=O)c1Cl. The first-order chi connectivity index (χ1) is 8.78. The van der Waals surface area contributed by atoms with Crippen molar-refractivity contribution in [3.8, 4) is 5.75 Å². The van der Waals surface area contributed by atoms with Crippen molar-refractivity contribution in [2.75, 3.05) is 12.4 Å². The molecule has 1 rings (SSSR count). The molecule has 0 aliphatic carbocycles. The summed E-state index contributed by atoms with van der Waals surface area (Å²) in [6.07, 6.45) is 1.08. The van der Waals surface area contributed by atoms with E-state index < -0.39 is 11.7 Å². The third-order valence-corrected chi connectivity index (χ3v) is 2.37. The number of pyridine rings is 1. The lowest BCUT2D eigenvalue weighted by atomic mass is 10.2. The molecule has 19 heavy (non-hydrogen) atoms. The molecule has 1 aromatic rings. The van der Waals surface area contributed by atoms with Gasteiger partial charge in [0.05, 0.1) is 23.9 Å². The molecule has 104 valence electrons. The Kier molecular flexibility index (Phi) is 4.72. The molecule has 0 aromatic carbocycles. The maximum Gasteiger partial charge on any atom is 0.413 e. The van der Waals surface area contributed by atoms with E-state index in [0.717, 1.165) is 0 Å². The van der Waals surface area contributed by atoms with Crippen molar-refractivity contribution in [3.05, 3.63) is 16.8 Å². The van der Waals surface area contributed by atoms with Gasteiger partial charge in [0, 0.05) is 0 Å². The van der Waals surface area contributed by atoms with Gasteiger partial charge in [-0.15, -0.1) is 0 Å². The standard InChI is InChI=1S/C12H15ClN2O4/c1-12(2,3)19-11(17)15-10-7(6-16)9(13)8(18-4)5-14-10/h5-6H,1-4H3,(H,14,15,17). The van der Waals surface area contributed by atoms with Crippen molar-refractivity contribution in [1.29, 1.82) is 0 Å². The van der Waals surface area contributed by atoms with E-state index in [1.807, 2.05) is 0 Å². The van der Waals surface area contributed by atoms with E-state index in [0.29, 0.717) is 6.29 Å². The normalized spacial score (nSPS) is 10.8. The molecular formula is C12H15ClN2O4. The second-order valence-electron chi connectivity index (χ2n) is 4.65. The van der Waals surface area contributed by atoms with Gasteiger partial charge < -0.3 is 9.47 Å². The Bertz CT molecular complexity index is 497. The molecule has 0 aliphatic heterocycles. The summed E-state index contributed by atoms with van der Waals surface area (Å²) < 4.78 is 9.99. The number of carbonyl (C=O) groups is 2. The van der Waals surface area contributed by atoms with Gasteiger partial charge in [0.25, 0.3) is 0 Å². The lowest BCUT2D eigenvalue weighted by Gasteiger charge is -2.20. The number of carbonyl (C=O) groups excluding carboxylic acids is 2. The molecule has 0 saturated carbocycles. The van der Waals surface area contributed by atoms with E-state index in [-0.39, 0.29) is 22.2 Å². The minimum Gasteiger partial charge on any atom is -0.494 e. The number of aldehydes is 1. The number of methoxy groups -OCH3 is 1. The van der Waals surface area contributed by atoms with Crippen LogP contribution in [0.3, 0.4) is 0 Å². The average molecular weight is 287 g/mol. The first-order valence-corrected chi connectivity index (χ1v) is 5.84. The highest BCUT2D eigenvalue weighted by molar-refractivity contribution is 6.35. The zero-order valence-corrected chi connectivity index (χ0v) is 11.9. The average Bonchev–Trinajstić information content (AvgIpc) is 2.27. The summed E-state index contributed by atoms with van der Waals surface area (Å²) in [6.45, 7) is 5.17. The highest BCUT2D eigenvalue weighted by Crippen LogP contribution is 2.30. The summed E-state index contributed by atoms with van der Waals surface area (Å²) in [6, 6.07) is 0. The number of nitrogens with zero attached hydrogens (tertiary/aromatic N) is 1. The van der Waals surface area contributed by atoms with E-state index in [9.17, 15) is 9.59 Å². The number of aromatic nitrogens is 1. The number of anilines is 1. The van der Waals surface area contributed by atoms with Gasteiger partial charge >= 0.3 is 6.09 Å². The molecule has 0 fully saturated rings. The smallest absolute Gasteiger partial charge is 0.413 e. The predicted molar refractivity (Wildman–Crippen MR) is 71.0 cm³/mol. The summed E-state index contributed by atoms with van der Waals surface area (Å²) in [4.78, 5) is 26.5. The molecule has 0 aliphatic rings. The monoisotopic (exact) mass is 286 g/mol. The Morgan fingerprint density at radius 1 is 1.47 bits per heavy atom. The fourth-order valence-electron chi connectivity index (χ4n) is 1.24. The number of halogens is 1. The summed E-state index contributed by atoms with van der Waals surface area (Å²) in [7, 11) is 1.40. The lowest BCUT2D eigenvalue weighted by Crippen LogP contribution is -2.27. The third kappa shape index (κ3) is 4.10. The molecule has 6 nitrogen and oxygen atoms in total. The van der Waals surface area contributed by atoms with Crippen LogP contribution >= 0.6 is 11.6 Å². The van der Waals surface area contributed by atoms with Gasteiger partial charge in [-0.25, -0.2) is 9.78 Å². The van der Waals surface area contributed by atoms with E-state index in [1.54, 1.807) is 20.8 Å². The minimum absolute atomic E-state index is 0.0232. The molecule has 7 heteroatoms. The van der Waals surface area contributed by atoms with Crippen LogP contribution in [0.25, 0.3) is 0 Å². The third-order valence-electron chi connectivity index (χ3n) is 1.98. The molecule has 1 amide bonds. The fourth-order valence-corrected chi connectivity index (χ4v) is 1.50. The summed E-state index contributed by atoms with van der Waals surface area (Å²) in [5.74, 6) is 0.272. The molecule has 0 bridgehead atoms. The summed E-state index contributed by atoms with van der Waals surface area (Å²) in [5.41, 5.74) is -0.617. The van der Waals surface area contributed by atoms with Crippen LogP contribution in [0.4, 0.5) is 10.6 Å². The molecule has 0 spiro atoms. The van der Waals surface area contributed by atoms with Gasteiger partial charge in [-0.3, -0.25) is 10.1 Å². The van der Waals surface area contributed by atoms with Crippen LogP contribution in [0, 0.1) is 0 Å². The minimum atomic E-state index is -0.718. The number of hydrogen-bond acceptors (Lipinski definition) is 5. The zero-order valence-electron chi connectivity index (χ0n) is 11.1. The van der Waals surface area contributed by atoms with Crippen LogP contribution < -0.4 is 10.1 Å². The number of ether oxygens (including phenoxy) is 2. The van der Waals surface area contributed by atoms with Gasteiger partial charge in [0.1, 0.15) is 11.4 Å². The summed E-state index contributed by atoms with van der Waals surface area (Å²) >= 11 is 5.94.